The molecular weight excluding hydrogens is 226 g/mol. The van der Waals surface area contributed by atoms with Crippen LogP contribution in [0.4, 0.5) is 5.69 Å². The molecule has 0 radical (unpaired) electrons. The zero-order chi connectivity index (χ0) is 13.0. The summed E-state index contributed by atoms with van der Waals surface area (Å²) in [7, 11) is 3.62. The van der Waals surface area contributed by atoms with Crippen molar-refractivity contribution in [3.8, 4) is 5.75 Å². The van der Waals surface area contributed by atoms with Crippen LogP contribution in [0.25, 0.3) is 0 Å². The summed E-state index contributed by atoms with van der Waals surface area (Å²) < 4.78 is 7.02. The minimum atomic E-state index is 0.894. The lowest BCUT2D eigenvalue weighted by Crippen LogP contribution is -2.05. The quantitative estimate of drug-likeness (QED) is 0.879. The molecule has 0 saturated carbocycles. The van der Waals surface area contributed by atoms with Crippen molar-refractivity contribution in [2.75, 3.05) is 19.0 Å². The molecule has 18 heavy (non-hydrogen) atoms. The Hall–Kier alpha value is -1.97. The van der Waals surface area contributed by atoms with E-state index < -0.39 is 0 Å². The molecule has 0 atom stereocenters. The molecule has 0 aliphatic rings. The number of aryl methyl sites for hydroxylation is 2. The summed E-state index contributed by atoms with van der Waals surface area (Å²) in [6.45, 7) is 2.98. The van der Waals surface area contributed by atoms with E-state index in [4.69, 9.17) is 4.74 Å². The molecule has 4 nitrogen and oxygen atoms in total. The second-order valence-corrected chi connectivity index (χ2v) is 4.38. The van der Waals surface area contributed by atoms with E-state index in [0.717, 1.165) is 24.4 Å². The minimum absolute atomic E-state index is 0.894. The normalized spacial score (nSPS) is 10.4. The van der Waals surface area contributed by atoms with Gasteiger partial charge < -0.3 is 10.1 Å². The molecule has 0 unspecified atom stereocenters. The lowest BCUT2D eigenvalue weighted by molar-refractivity contribution is 0.414. The molecule has 0 bridgehead atoms. The molecule has 0 amide bonds. The number of benzene rings is 1. The predicted octanol–water partition coefficient (Wildman–Crippen LogP) is 2.39. The highest BCUT2D eigenvalue weighted by atomic mass is 16.5. The van der Waals surface area contributed by atoms with Crippen molar-refractivity contribution < 1.29 is 4.74 Å². The second-order valence-electron chi connectivity index (χ2n) is 4.38. The molecule has 4 heteroatoms. The molecule has 1 aromatic carbocycles. The number of aromatic nitrogens is 2. The van der Waals surface area contributed by atoms with Gasteiger partial charge in [-0.2, -0.15) is 5.10 Å². The van der Waals surface area contributed by atoms with Crippen molar-refractivity contribution in [1.29, 1.82) is 0 Å². The van der Waals surface area contributed by atoms with E-state index in [9.17, 15) is 0 Å². The fraction of sp³-hybridized carbons (Fsp3) is 0.357. The van der Waals surface area contributed by atoms with E-state index in [1.54, 1.807) is 7.11 Å². The summed E-state index contributed by atoms with van der Waals surface area (Å²) in [5.41, 5.74) is 3.59. The third-order valence-corrected chi connectivity index (χ3v) is 2.92. The van der Waals surface area contributed by atoms with Crippen LogP contribution in [0.3, 0.4) is 0 Å². The van der Waals surface area contributed by atoms with Gasteiger partial charge in [-0.1, -0.05) is 0 Å². The standard InChI is InChI=1S/C14H19N3O/c1-11-8-13(18-3)4-5-14(11)15-7-6-12-9-16-17(2)10-12/h4-5,8-10,15H,6-7H2,1-3H3. The highest BCUT2D eigenvalue weighted by molar-refractivity contribution is 5.53. The van der Waals surface area contributed by atoms with E-state index in [1.165, 1.54) is 11.1 Å². The Morgan fingerprint density at radius 2 is 2.22 bits per heavy atom. The van der Waals surface area contributed by atoms with E-state index in [-0.39, 0.29) is 0 Å². The van der Waals surface area contributed by atoms with Gasteiger partial charge in [0.25, 0.3) is 0 Å². The summed E-state index contributed by atoms with van der Waals surface area (Å²) in [6, 6.07) is 6.06. The molecular formula is C14H19N3O. The van der Waals surface area contributed by atoms with Crippen LogP contribution in [0.15, 0.2) is 30.6 Å². The number of nitrogens with one attached hydrogen (secondary N) is 1. The first-order chi connectivity index (χ1) is 8.69. The van der Waals surface area contributed by atoms with Gasteiger partial charge in [-0.05, 0) is 42.7 Å². The van der Waals surface area contributed by atoms with Crippen LogP contribution < -0.4 is 10.1 Å². The summed E-state index contributed by atoms with van der Waals surface area (Å²) in [5.74, 6) is 0.894. The van der Waals surface area contributed by atoms with Gasteiger partial charge in [0, 0.05) is 25.5 Å². The first-order valence-corrected chi connectivity index (χ1v) is 6.05. The van der Waals surface area contributed by atoms with Crippen LogP contribution >= 0.6 is 0 Å². The average molecular weight is 245 g/mol. The minimum Gasteiger partial charge on any atom is -0.497 e. The molecule has 2 rings (SSSR count). The lowest BCUT2D eigenvalue weighted by Gasteiger charge is -2.10. The number of anilines is 1. The Kier molecular flexibility index (Phi) is 3.87. The highest BCUT2D eigenvalue weighted by Crippen LogP contribution is 2.20. The van der Waals surface area contributed by atoms with E-state index >= 15 is 0 Å². The zero-order valence-corrected chi connectivity index (χ0v) is 11.1. The van der Waals surface area contributed by atoms with Gasteiger partial charge in [0.1, 0.15) is 5.75 Å². The molecule has 2 aromatic rings. The maximum absolute atomic E-state index is 5.19. The maximum Gasteiger partial charge on any atom is 0.119 e. The molecule has 0 fully saturated rings. The van der Waals surface area contributed by atoms with Crippen molar-refractivity contribution in [3.63, 3.8) is 0 Å². The molecule has 0 aliphatic carbocycles. The molecule has 0 aliphatic heterocycles. The smallest absolute Gasteiger partial charge is 0.119 e. The fourth-order valence-corrected chi connectivity index (χ4v) is 1.90. The monoisotopic (exact) mass is 245 g/mol. The number of methoxy groups -OCH3 is 1. The molecule has 96 valence electrons. The molecule has 0 saturated heterocycles. The Balaban J connectivity index is 1.90. The van der Waals surface area contributed by atoms with Crippen molar-refractivity contribution in [2.24, 2.45) is 7.05 Å². The van der Waals surface area contributed by atoms with Crippen LogP contribution in [0, 0.1) is 6.92 Å². The Bertz CT molecular complexity index is 520. The van der Waals surface area contributed by atoms with Gasteiger partial charge in [-0.3, -0.25) is 4.68 Å². The zero-order valence-electron chi connectivity index (χ0n) is 11.1. The summed E-state index contributed by atoms with van der Waals surface area (Å²) in [4.78, 5) is 0. The fourth-order valence-electron chi connectivity index (χ4n) is 1.90. The van der Waals surface area contributed by atoms with Crippen LogP contribution in [0.2, 0.25) is 0 Å². The maximum atomic E-state index is 5.19. The topological polar surface area (TPSA) is 39.1 Å². The van der Waals surface area contributed by atoms with Gasteiger partial charge in [0.15, 0.2) is 0 Å². The Morgan fingerprint density at radius 3 is 2.83 bits per heavy atom. The van der Waals surface area contributed by atoms with Crippen molar-refractivity contribution in [1.82, 2.24) is 9.78 Å². The Morgan fingerprint density at radius 1 is 1.39 bits per heavy atom. The van der Waals surface area contributed by atoms with Gasteiger partial charge in [0.05, 0.1) is 13.3 Å². The number of ether oxygens (including phenoxy) is 1. The second kappa shape index (κ2) is 5.58. The Labute approximate surface area is 108 Å². The van der Waals surface area contributed by atoms with E-state index in [1.807, 2.05) is 36.3 Å². The molecule has 1 aromatic heterocycles. The summed E-state index contributed by atoms with van der Waals surface area (Å²) in [5, 5.41) is 7.58. The third-order valence-electron chi connectivity index (χ3n) is 2.92. The van der Waals surface area contributed by atoms with Crippen LogP contribution in [-0.2, 0) is 13.5 Å². The highest BCUT2D eigenvalue weighted by Gasteiger charge is 2.00. The largest absolute Gasteiger partial charge is 0.497 e. The van der Waals surface area contributed by atoms with Gasteiger partial charge >= 0.3 is 0 Å². The van der Waals surface area contributed by atoms with Crippen molar-refractivity contribution >= 4 is 5.69 Å². The summed E-state index contributed by atoms with van der Waals surface area (Å²) in [6.07, 6.45) is 4.92. The van der Waals surface area contributed by atoms with Gasteiger partial charge in [-0.25, -0.2) is 0 Å². The van der Waals surface area contributed by atoms with Crippen LogP contribution in [0.1, 0.15) is 11.1 Å². The molecule has 1 heterocycles. The van der Waals surface area contributed by atoms with Crippen molar-refractivity contribution in [3.05, 3.63) is 41.7 Å². The molecule has 1 N–H and O–H groups in total. The van der Waals surface area contributed by atoms with E-state index in [2.05, 4.69) is 23.4 Å². The van der Waals surface area contributed by atoms with Gasteiger partial charge in [-0.15, -0.1) is 0 Å². The first-order valence-electron chi connectivity index (χ1n) is 6.05. The summed E-state index contributed by atoms with van der Waals surface area (Å²) >= 11 is 0. The van der Waals surface area contributed by atoms with Crippen molar-refractivity contribution in [2.45, 2.75) is 13.3 Å². The van der Waals surface area contributed by atoms with Crippen LogP contribution in [0.5, 0.6) is 5.75 Å². The third kappa shape index (κ3) is 3.03. The first kappa shape index (κ1) is 12.5. The van der Waals surface area contributed by atoms with Gasteiger partial charge in [0.2, 0.25) is 0 Å². The van der Waals surface area contributed by atoms with E-state index in [0.29, 0.717) is 0 Å². The van der Waals surface area contributed by atoms with Crippen LogP contribution in [-0.4, -0.2) is 23.4 Å². The SMILES string of the molecule is COc1ccc(NCCc2cnn(C)c2)c(C)c1. The average Bonchev–Trinajstić information content (AvgIpc) is 2.77. The number of hydrogen-bond acceptors (Lipinski definition) is 3. The lowest BCUT2D eigenvalue weighted by atomic mass is 10.2. The number of hydrogen-bond donors (Lipinski definition) is 1. The molecule has 0 spiro atoms. The number of rotatable bonds is 5. The number of nitrogens with zero attached hydrogens (tertiary/aromatic N) is 2. The predicted molar refractivity (Wildman–Crippen MR) is 73.1 cm³/mol.